The molecule has 1 nitrogen and oxygen atoms in total. The third kappa shape index (κ3) is 12.3. The average molecular weight is 856 g/mol. The van der Waals surface area contributed by atoms with E-state index in [9.17, 15) is 4.79 Å². The second-order valence-corrected chi connectivity index (χ2v) is 26.0. The van der Waals surface area contributed by atoms with Crippen molar-refractivity contribution in [1.82, 2.24) is 0 Å². The van der Waals surface area contributed by atoms with Crippen molar-refractivity contribution in [2.75, 3.05) is 0 Å². The lowest BCUT2D eigenvalue weighted by Crippen LogP contribution is -2.16. The first-order valence-electron chi connectivity index (χ1n) is 3.23. The molecule has 0 amide bonds. The number of alkyl halides is 6. The second-order valence-electron chi connectivity index (χ2n) is 2.53. The Kier molecular flexibility index (Phi) is 9.81. The molecule has 7 heteroatoms. The zero-order valence-corrected chi connectivity index (χ0v) is 19.2. The lowest BCUT2D eigenvalue weighted by molar-refractivity contribution is -0.111. The van der Waals surface area contributed by atoms with E-state index in [2.05, 4.69) is 136 Å². The van der Waals surface area contributed by atoms with Gasteiger partial charge in [0.1, 0.15) is 5.16 Å². The highest BCUT2D eigenvalue weighted by Gasteiger charge is 2.29. The van der Waals surface area contributed by atoms with Crippen LogP contribution in [0.25, 0.3) is 0 Å². The summed E-state index contributed by atoms with van der Waals surface area (Å²) in [5.41, 5.74) is 0. The number of halogens is 6. The van der Waals surface area contributed by atoms with E-state index in [1.54, 1.807) is 0 Å². The summed E-state index contributed by atoms with van der Waals surface area (Å²) in [4.78, 5) is 10.8. The van der Waals surface area contributed by atoms with E-state index < -0.39 is 0 Å². The van der Waals surface area contributed by atoms with E-state index >= 15 is 0 Å². The van der Waals surface area contributed by atoms with Crippen LogP contribution in [0, 0.1) is 5.92 Å². The fourth-order valence-corrected chi connectivity index (χ4v) is 4.16. The van der Waals surface area contributed by atoms with Crippen LogP contribution < -0.4 is 0 Å². The average Bonchev–Trinajstić information content (AvgIpc) is 1.79. The van der Waals surface area contributed by atoms with E-state index in [1.807, 2.05) is 0 Å². The van der Waals surface area contributed by atoms with Gasteiger partial charge < -0.3 is 4.79 Å². The molecule has 0 aromatic rings. The number of aldehydes is 1. The summed E-state index contributed by atoms with van der Waals surface area (Å²) in [5, 5.41) is 0. The van der Waals surface area contributed by atoms with Gasteiger partial charge >= 0.3 is 0 Å². The van der Waals surface area contributed by atoms with E-state index in [-0.39, 0.29) is 4.79 Å². The molecule has 0 saturated heterocycles. The number of rotatable bonds is 5. The highest BCUT2D eigenvalue weighted by Crippen LogP contribution is 2.46. The van der Waals surface area contributed by atoms with Crippen molar-refractivity contribution in [3.8, 4) is 0 Å². The van der Waals surface area contributed by atoms with E-state index in [0.717, 1.165) is 19.1 Å². The normalized spacial score (nSPS) is 13.5. The molecule has 0 aliphatic carbocycles. The van der Waals surface area contributed by atoms with Crippen molar-refractivity contribution in [2.45, 2.75) is 11.7 Å². The lowest BCUT2D eigenvalue weighted by Gasteiger charge is -2.21. The zero-order valence-electron chi connectivity index (χ0n) is 6.24. The van der Waals surface area contributed by atoms with Gasteiger partial charge in [-0.3, -0.25) is 0 Å². The molecule has 0 N–H and O–H groups in total. The van der Waals surface area contributed by atoms with Crippen LogP contribution in [0.4, 0.5) is 0 Å². The molecule has 0 atom stereocenters. The van der Waals surface area contributed by atoms with Gasteiger partial charge in [-0.2, -0.15) is 0 Å². The van der Waals surface area contributed by atoms with Gasteiger partial charge in [0.25, 0.3) is 0 Å². The fourth-order valence-electron chi connectivity index (χ4n) is 0.763. The van der Waals surface area contributed by atoms with Gasteiger partial charge in [-0.05, 0) is 12.8 Å². The Morgan fingerprint density at radius 1 is 0.923 bits per heavy atom. The number of carbonyl (C=O) groups is 1. The molecular formula is C6H6I6O. The molecule has 0 saturated carbocycles. The van der Waals surface area contributed by atoms with Crippen LogP contribution in [0.2, 0.25) is 0 Å². The third-order valence-corrected chi connectivity index (χ3v) is 3.82. The summed E-state index contributed by atoms with van der Waals surface area (Å²) in [5.74, 6) is 0.177. The van der Waals surface area contributed by atoms with Crippen molar-refractivity contribution in [2.24, 2.45) is 5.92 Å². The Bertz CT molecular complexity index is 153. The zero-order chi connectivity index (χ0) is 10.7. The van der Waals surface area contributed by atoms with E-state index in [4.69, 9.17) is 0 Å². The molecule has 0 heterocycles. The summed E-state index contributed by atoms with van der Waals surface area (Å²) in [6, 6.07) is 0. The summed E-state index contributed by atoms with van der Waals surface area (Å²) in [6.45, 7) is 0. The van der Waals surface area contributed by atoms with Gasteiger partial charge in [0, 0.05) is 5.92 Å². The van der Waals surface area contributed by atoms with Gasteiger partial charge in [-0.25, -0.2) is 0 Å². The highest BCUT2D eigenvalue weighted by molar-refractivity contribution is 14.3. The standard InChI is InChI=1S/C6H6I6O/c7-5(8,9)1-4(3-13)2-6(10,11)12/h3-4H,1-2H2. The minimum absolute atomic E-state index is 0.161. The van der Waals surface area contributed by atoms with Crippen molar-refractivity contribution in [3.63, 3.8) is 0 Å². The van der Waals surface area contributed by atoms with Crippen LogP contribution in [0.3, 0.4) is 0 Å². The first-order valence-corrected chi connectivity index (χ1v) is 9.70. The number of hydrogen-bond donors (Lipinski definition) is 0. The molecule has 0 aromatic heterocycles. The monoisotopic (exact) mass is 855 g/mol. The number of hydrogen-bond acceptors (Lipinski definition) is 1. The molecule has 0 aromatic carbocycles. The summed E-state index contributed by atoms with van der Waals surface area (Å²) in [6.07, 6.45) is 2.97. The molecule has 0 rings (SSSR count). The Balaban J connectivity index is 4.13. The molecule has 0 aliphatic heterocycles. The third-order valence-electron chi connectivity index (χ3n) is 1.18. The SMILES string of the molecule is O=CC(CC(I)(I)I)CC(I)(I)I. The van der Waals surface area contributed by atoms with Gasteiger partial charge in [0.05, 0.1) is 0 Å². The maximum absolute atomic E-state index is 10.8. The molecule has 0 radical (unpaired) electrons. The van der Waals surface area contributed by atoms with Crippen molar-refractivity contribution >= 4 is 142 Å². The maximum Gasteiger partial charge on any atom is 0.125 e. The van der Waals surface area contributed by atoms with Crippen LogP contribution in [-0.2, 0) is 4.79 Å². The molecule has 0 aliphatic rings. The topological polar surface area (TPSA) is 17.1 Å². The van der Waals surface area contributed by atoms with Crippen LogP contribution in [-0.4, -0.2) is 5.16 Å². The molecule has 0 fully saturated rings. The minimum atomic E-state index is 0.161. The van der Waals surface area contributed by atoms with Gasteiger partial charge in [0.2, 0.25) is 0 Å². The lowest BCUT2D eigenvalue weighted by atomic mass is 10.1. The second kappa shape index (κ2) is 7.48. The molecule has 0 bridgehead atoms. The Morgan fingerprint density at radius 2 is 1.23 bits per heavy atom. The Hall–Kier alpha value is 4.05. The first kappa shape index (κ1) is 17.1. The van der Waals surface area contributed by atoms with Crippen LogP contribution in [0.15, 0.2) is 0 Å². The van der Waals surface area contributed by atoms with Crippen molar-refractivity contribution in [1.29, 1.82) is 0 Å². The maximum atomic E-state index is 10.8. The summed E-state index contributed by atoms with van der Waals surface area (Å²) < 4.78 is 0.321. The predicted octanol–water partition coefficient (Wildman–Crippen LogP) is 5.50. The van der Waals surface area contributed by atoms with Crippen LogP contribution in [0.5, 0.6) is 0 Å². The van der Waals surface area contributed by atoms with Crippen LogP contribution >= 0.6 is 136 Å². The van der Waals surface area contributed by atoms with Crippen molar-refractivity contribution < 1.29 is 4.79 Å². The molecule has 13 heavy (non-hydrogen) atoms. The fraction of sp³-hybridized carbons (Fsp3) is 0.833. The van der Waals surface area contributed by atoms with Gasteiger partial charge in [0.15, 0.2) is 0 Å². The quantitative estimate of drug-likeness (QED) is 0.203. The van der Waals surface area contributed by atoms with Gasteiger partial charge in [-0.1, -0.05) is 136 Å². The molecule has 0 spiro atoms. The molecular weight excluding hydrogens is 849 g/mol. The largest absolute Gasteiger partial charge is 0.303 e. The minimum Gasteiger partial charge on any atom is -0.303 e. The smallest absolute Gasteiger partial charge is 0.125 e. The number of carbonyl (C=O) groups excluding carboxylic acids is 1. The summed E-state index contributed by atoms with van der Waals surface area (Å²) >= 11 is 14.2. The van der Waals surface area contributed by atoms with Gasteiger partial charge in [-0.15, -0.1) is 0 Å². The Morgan fingerprint density at radius 3 is 1.38 bits per heavy atom. The van der Waals surface area contributed by atoms with Crippen molar-refractivity contribution in [3.05, 3.63) is 0 Å². The first-order chi connectivity index (χ1) is 5.64. The Labute approximate surface area is 160 Å². The highest BCUT2D eigenvalue weighted by atomic mass is 127. The van der Waals surface area contributed by atoms with Crippen LogP contribution in [0.1, 0.15) is 12.8 Å². The summed E-state index contributed by atoms with van der Waals surface area (Å²) in [7, 11) is 0. The molecule has 0 unspecified atom stereocenters. The molecule has 78 valence electrons. The van der Waals surface area contributed by atoms with E-state index in [1.165, 1.54) is 0 Å². The predicted molar refractivity (Wildman–Crippen MR) is 108 cm³/mol. The van der Waals surface area contributed by atoms with E-state index in [0.29, 0.717) is 0 Å².